The Labute approximate surface area is 157 Å². The molecule has 6 nitrogen and oxygen atoms in total. The van der Waals surface area contributed by atoms with E-state index in [1.807, 2.05) is 24.3 Å². The molecule has 0 bridgehead atoms. The highest BCUT2D eigenvalue weighted by Crippen LogP contribution is 2.30. The van der Waals surface area contributed by atoms with Crippen LogP contribution in [0.15, 0.2) is 41.0 Å². The van der Waals surface area contributed by atoms with Crippen LogP contribution in [0.25, 0.3) is 5.65 Å². The molecule has 0 spiro atoms. The third-order valence-electron chi connectivity index (χ3n) is 4.04. The van der Waals surface area contributed by atoms with Gasteiger partial charge >= 0.3 is 0 Å². The van der Waals surface area contributed by atoms with Crippen LogP contribution < -0.4 is 10.6 Å². The third kappa shape index (κ3) is 3.62. The van der Waals surface area contributed by atoms with Crippen molar-refractivity contribution < 1.29 is 4.79 Å². The monoisotopic (exact) mass is 419 g/mol. The zero-order valence-electron chi connectivity index (χ0n) is 13.2. The van der Waals surface area contributed by atoms with Crippen LogP contribution in [-0.2, 0) is 11.3 Å². The molecule has 3 aromatic rings. The SMILES string of the molecule is O=C(Nc1ccc(CNc2cc(Cl)nc3c(Br)cnn23)cc1)C1CC1. The maximum absolute atomic E-state index is 11.8. The van der Waals surface area contributed by atoms with E-state index in [-0.39, 0.29) is 11.8 Å². The van der Waals surface area contributed by atoms with E-state index in [4.69, 9.17) is 11.6 Å². The van der Waals surface area contributed by atoms with Gasteiger partial charge in [-0.2, -0.15) is 9.61 Å². The summed E-state index contributed by atoms with van der Waals surface area (Å²) in [4.78, 5) is 16.0. The van der Waals surface area contributed by atoms with Gasteiger partial charge in [-0.1, -0.05) is 23.7 Å². The first-order valence-corrected chi connectivity index (χ1v) is 9.11. The molecule has 0 saturated heterocycles. The Morgan fingerprint density at radius 2 is 2.08 bits per heavy atom. The molecule has 1 saturated carbocycles. The quantitative estimate of drug-likeness (QED) is 0.610. The van der Waals surface area contributed by atoms with Gasteiger partial charge in [0.05, 0.1) is 10.7 Å². The van der Waals surface area contributed by atoms with Crippen molar-refractivity contribution in [3.63, 3.8) is 0 Å². The first-order valence-electron chi connectivity index (χ1n) is 7.93. The van der Waals surface area contributed by atoms with Crippen molar-refractivity contribution in [3.8, 4) is 0 Å². The summed E-state index contributed by atoms with van der Waals surface area (Å²) in [5.74, 6) is 1.07. The summed E-state index contributed by atoms with van der Waals surface area (Å²) < 4.78 is 2.48. The Hall–Kier alpha value is -2.12. The van der Waals surface area contributed by atoms with Crippen molar-refractivity contribution in [2.75, 3.05) is 10.6 Å². The number of rotatable bonds is 5. The van der Waals surface area contributed by atoms with Crippen LogP contribution in [0, 0.1) is 5.92 Å². The van der Waals surface area contributed by atoms with E-state index in [0.717, 1.165) is 34.4 Å². The molecule has 8 heteroatoms. The lowest BCUT2D eigenvalue weighted by Crippen LogP contribution is -2.13. The first-order chi connectivity index (χ1) is 12.1. The second kappa shape index (κ2) is 6.65. The van der Waals surface area contributed by atoms with Gasteiger partial charge in [-0.05, 0) is 46.5 Å². The van der Waals surface area contributed by atoms with Gasteiger partial charge in [0.15, 0.2) is 5.65 Å². The van der Waals surface area contributed by atoms with Crippen molar-refractivity contribution in [1.82, 2.24) is 14.6 Å². The minimum atomic E-state index is 0.115. The summed E-state index contributed by atoms with van der Waals surface area (Å²) >= 11 is 9.49. The summed E-state index contributed by atoms with van der Waals surface area (Å²) in [5.41, 5.74) is 2.57. The number of nitrogens with one attached hydrogen (secondary N) is 2. The largest absolute Gasteiger partial charge is 0.366 e. The molecule has 1 aliphatic rings. The second-order valence-corrected chi connectivity index (χ2v) is 7.25. The molecule has 25 heavy (non-hydrogen) atoms. The van der Waals surface area contributed by atoms with Crippen LogP contribution in [0.2, 0.25) is 5.15 Å². The van der Waals surface area contributed by atoms with Crippen molar-refractivity contribution >= 4 is 50.6 Å². The van der Waals surface area contributed by atoms with Gasteiger partial charge in [-0.15, -0.1) is 0 Å². The third-order valence-corrected chi connectivity index (χ3v) is 4.79. The van der Waals surface area contributed by atoms with Gasteiger partial charge in [0, 0.05) is 24.2 Å². The number of amides is 1. The van der Waals surface area contributed by atoms with E-state index >= 15 is 0 Å². The molecule has 0 aliphatic heterocycles. The van der Waals surface area contributed by atoms with Crippen molar-refractivity contribution in [2.24, 2.45) is 5.92 Å². The fourth-order valence-electron chi connectivity index (χ4n) is 2.52. The Morgan fingerprint density at radius 3 is 2.80 bits per heavy atom. The number of hydrogen-bond acceptors (Lipinski definition) is 4. The molecule has 2 heterocycles. The number of aromatic nitrogens is 3. The van der Waals surface area contributed by atoms with Gasteiger partial charge in [0.1, 0.15) is 11.0 Å². The van der Waals surface area contributed by atoms with Crippen LogP contribution in [0.1, 0.15) is 18.4 Å². The van der Waals surface area contributed by atoms with E-state index < -0.39 is 0 Å². The maximum atomic E-state index is 11.8. The first kappa shape index (κ1) is 16.4. The highest BCUT2D eigenvalue weighted by molar-refractivity contribution is 9.10. The Kier molecular flexibility index (Phi) is 4.35. The predicted octanol–water partition coefficient (Wildman–Crippen LogP) is 4.11. The van der Waals surface area contributed by atoms with Crippen molar-refractivity contribution in [3.05, 3.63) is 51.7 Å². The van der Waals surface area contributed by atoms with Gasteiger partial charge < -0.3 is 10.6 Å². The summed E-state index contributed by atoms with van der Waals surface area (Å²) in [5, 5.41) is 10.9. The summed E-state index contributed by atoms with van der Waals surface area (Å²) in [6.07, 6.45) is 3.68. The molecule has 0 unspecified atom stereocenters. The number of fused-ring (bicyclic) bond motifs is 1. The van der Waals surface area contributed by atoms with Gasteiger partial charge in [-0.25, -0.2) is 4.98 Å². The minimum Gasteiger partial charge on any atom is -0.366 e. The van der Waals surface area contributed by atoms with Crippen LogP contribution in [0.5, 0.6) is 0 Å². The van der Waals surface area contributed by atoms with E-state index in [0.29, 0.717) is 17.3 Å². The second-order valence-electron chi connectivity index (χ2n) is 6.01. The molecule has 1 amide bonds. The molecule has 1 fully saturated rings. The fourth-order valence-corrected chi connectivity index (χ4v) is 3.05. The van der Waals surface area contributed by atoms with E-state index in [2.05, 4.69) is 36.6 Å². The van der Waals surface area contributed by atoms with Crippen LogP contribution >= 0.6 is 27.5 Å². The molecule has 128 valence electrons. The highest BCUT2D eigenvalue weighted by atomic mass is 79.9. The lowest BCUT2D eigenvalue weighted by Gasteiger charge is -2.10. The molecule has 0 atom stereocenters. The number of hydrogen-bond donors (Lipinski definition) is 2. The number of halogens is 2. The Bertz CT molecular complexity index is 936. The van der Waals surface area contributed by atoms with Crippen LogP contribution in [-0.4, -0.2) is 20.5 Å². The molecule has 0 radical (unpaired) electrons. The smallest absolute Gasteiger partial charge is 0.227 e. The van der Waals surface area contributed by atoms with Gasteiger partial charge in [0.2, 0.25) is 5.91 Å². The minimum absolute atomic E-state index is 0.115. The van der Waals surface area contributed by atoms with Gasteiger partial charge in [0.25, 0.3) is 0 Å². The molecule has 1 aliphatic carbocycles. The van der Waals surface area contributed by atoms with E-state index in [9.17, 15) is 4.79 Å². The molecule has 4 rings (SSSR count). The topological polar surface area (TPSA) is 71.3 Å². The number of carbonyl (C=O) groups excluding carboxylic acids is 1. The van der Waals surface area contributed by atoms with Gasteiger partial charge in [-0.3, -0.25) is 4.79 Å². The van der Waals surface area contributed by atoms with Crippen LogP contribution in [0.3, 0.4) is 0 Å². The normalized spacial score (nSPS) is 13.8. The zero-order valence-corrected chi connectivity index (χ0v) is 15.5. The molecule has 2 aromatic heterocycles. The van der Waals surface area contributed by atoms with Crippen LogP contribution in [0.4, 0.5) is 11.5 Å². The Balaban J connectivity index is 1.45. The maximum Gasteiger partial charge on any atom is 0.227 e. The van der Waals surface area contributed by atoms with E-state index in [1.54, 1.807) is 16.8 Å². The van der Waals surface area contributed by atoms with Crippen molar-refractivity contribution in [2.45, 2.75) is 19.4 Å². The molecular formula is C17H15BrClN5O. The fraction of sp³-hybridized carbons (Fsp3) is 0.235. The molecular weight excluding hydrogens is 406 g/mol. The zero-order chi connectivity index (χ0) is 17.4. The molecule has 2 N–H and O–H groups in total. The summed E-state index contributed by atoms with van der Waals surface area (Å²) in [7, 11) is 0. The number of carbonyl (C=O) groups is 1. The summed E-state index contributed by atoms with van der Waals surface area (Å²) in [6.45, 7) is 0.601. The summed E-state index contributed by atoms with van der Waals surface area (Å²) in [6, 6.07) is 9.52. The average molecular weight is 421 g/mol. The lowest BCUT2D eigenvalue weighted by atomic mass is 10.2. The predicted molar refractivity (Wildman–Crippen MR) is 101 cm³/mol. The van der Waals surface area contributed by atoms with Crippen molar-refractivity contribution in [1.29, 1.82) is 0 Å². The highest BCUT2D eigenvalue weighted by Gasteiger charge is 2.29. The standard InChI is InChI=1S/C17H15BrClN5O/c18-13-9-21-24-15(7-14(19)23-16(13)24)20-8-10-1-5-12(6-2-10)22-17(25)11-3-4-11/h1-2,5-7,9,11,20H,3-4,8H2,(H,22,25). The average Bonchev–Trinajstić information content (AvgIpc) is 3.39. The van der Waals surface area contributed by atoms with E-state index in [1.165, 1.54) is 0 Å². The number of nitrogens with zero attached hydrogens (tertiary/aromatic N) is 3. The number of benzene rings is 1. The lowest BCUT2D eigenvalue weighted by molar-refractivity contribution is -0.117. The Morgan fingerprint density at radius 1 is 1.32 bits per heavy atom. The number of anilines is 2. The molecule has 1 aromatic carbocycles.